The number of carbonyl (C=O) groups is 6. The first-order valence-electron chi connectivity index (χ1n) is 7.02. The van der Waals surface area contributed by atoms with E-state index in [0.29, 0.717) is 0 Å². The number of aliphatic carboxylic acids is 6. The van der Waals surface area contributed by atoms with Gasteiger partial charge in [-0.3, -0.25) is 0 Å². The van der Waals surface area contributed by atoms with Crippen LogP contribution in [0.15, 0.2) is 0 Å². The van der Waals surface area contributed by atoms with Crippen LogP contribution in [0.4, 0.5) is 0 Å². The topological polar surface area (TPSA) is 241 Å². The van der Waals surface area contributed by atoms with Crippen molar-refractivity contribution in [3.05, 3.63) is 0 Å². The van der Waals surface area contributed by atoms with Gasteiger partial charge in [0.2, 0.25) is 0 Å². The molecule has 0 saturated carbocycles. The van der Waals surface area contributed by atoms with Crippen LogP contribution in [0, 0.1) is 11.8 Å². The van der Waals surface area contributed by atoms with Crippen molar-refractivity contribution in [3.8, 4) is 0 Å². The second-order valence-electron chi connectivity index (χ2n) is 5.19. The van der Waals surface area contributed by atoms with E-state index in [1.165, 1.54) is 0 Å². The molecule has 0 aliphatic heterocycles. The van der Waals surface area contributed by atoms with Crippen molar-refractivity contribution in [1.29, 1.82) is 0 Å². The van der Waals surface area contributed by atoms with Crippen molar-refractivity contribution in [1.82, 2.24) is 0 Å². The summed E-state index contributed by atoms with van der Waals surface area (Å²) in [5, 5.41) is 60.2. The van der Waals surface area contributed by atoms with Gasteiger partial charge in [-0.15, -0.1) is 0 Å². The van der Waals surface area contributed by atoms with Gasteiger partial charge in [0.15, 0.2) is 0 Å². The van der Waals surface area contributed by atoms with Gasteiger partial charge in [-0.25, -0.2) is 0 Å². The largest absolute Gasteiger partial charge is 2.00 e. The summed E-state index contributed by atoms with van der Waals surface area (Å²) in [6, 6.07) is 0. The van der Waals surface area contributed by atoms with Crippen LogP contribution in [0.3, 0.4) is 0 Å². The van der Waals surface area contributed by atoms with Crippen molar-refractivity contribution in [2.75, 3.05) is 0 Å². The van der Waals surface area contributed by atoms with Crippen molar-refractivity contribution in [2.24, 2.45) is 11.8 Å². The predicted octanol–water partition coefficient (Wildman–Crippen LogP) is -20.3. The monoisotopic (exact) mass is 570 g/mol. The van der Waals surface area contributed by atoms with E-state index in [-0.39, 0.29) is 243 Å². The fourth-order valence-electron chi connectivity index (χ4n) is 1.85. The molecular formula is C14H14CaK4O12. The normalized spacial score (nSPS) is 8.32. The molecule has 31 heavy (non-hydrogen) atoms. The molecule has 0 spiro atoms. The maximum Gasteiger partial charge on any atom is 2.00 e. The molecule has 12 nitrogen and oxygen atoms in total. The Morgan fingerprint density at radius 3 is 0.548 bits per heavy atom. The van der Waals surface area contributed by atoms with Gasteiger partial charge in [0.05, 0.1) is 0 Å². The molecule has 0 aromatic heterocycles. The molecule has 0 heterocycles. The Balaban J connectivity index is -0.0000000640. The summed E-state index contributed by atoms with van der Waals surface area (Å²) in [4.78, 5) is 60.2. The minimum atomic E-state index is -1.49. The zero-order chi connectivity index (χ0) is 20.9. The van der Waals surface area contributed by atoms with Crippen LogP contribution in [0.25, 0.3) is 0 Å². The standard InChI is InChI=1S/2C7H10O6.Ca.4K/c2*8-5(9)1-4(2-6(10)11)3-7(12)13;;;;;/h2*4H,1-3H2,(H,8,9)(H,10,11)(H,12,13);;;;;/q;;+2;4*+1/p-6. The number of carboxylic acids is 6. The van der Waals surface area contributed by atoms with E-state index in [2.05, 4.69) is 0 Å². The number of rotatable bonds is 12. The molecule has 148 valence electrons. The van der Waals surface area contributed by atoms with Crippen molar-refractivity contribution in [2.45, 2.75) is 38.5 Å². The van der Waals surface area contributed by atoms with Crippen LogP contribution in [0.5, 0.6) is 0 Å². The molecule has 0 aliphatic carbocycles. The molecule has 0 unspecified atom stereocenters. The Morgan fingerprint density at radius 2 is 0.484 bits per heavy atom. The molecule has 0 atom stereocenters. The van der Waals surface area contributed by atoms with E-state index >= 15 is 0 Å². The quantitative estimate of drug-likeness (QED) is 0.199. The molecule has 0 radical (unpaired) electrons. The molecule has 0 fully saturated rings. The van der Waals surface area contributed by atoms with Crippen molar-refractivity contribution in [3.63, 3.8) is 0 Å². The van der Waals surface area contributed by atoms with Gasteiger partial charge >= 0.3 is 243 Å². The van der Waals surface area contributed by atoms with E-state index in [0.717, 1.165) is 0 Å². The van der Waals surface area contributed by atoms with E-state index in [4.69, 9.17) is 0 Å². The van der Waals surface area contributed by atoms with Gasteiger partial charge in [-0.1, -0.05) is 0 Å². The van der Waals surface area contributed by atoms with Crippen LogP contribution in [-0.2, 0) is 28.8 Å². The molecule has 17 heteroatoms. The zero-order valence-electron chi connectivity index (χ0n) is 18.0. The average molecular weight is 571 g/mol. The molecule has 0 aromatic carbocycles. The second kappa shape index (κ2) is 32.7. The first kappa shape index (κ1) is 52.1. The summed E-state index contributed by atoms with van der Waals surface area (Å²) in [6.07, 6.45) is -3.74. The van der Waals surface area contributed by atoms with Gasteiger partial charge in [-0.2, -0.15) is 0 Å². The Labute approximate surface area is 378 Å². The molecule has 0 rings (SSSR count). The van der Waals surface area contributed by atoms with Gasteiger partial charge in [0.1, 0.15) is 0 Å². The molecule has 0 aliphatic rings. The van der Waals surface area contributed by atoms with Crippen LogP contribution in [0.2, 0.25) is 0 Å². The number of hydrogen-bond acceptors (Lipinski definition) is 12. The first-order chi connectivity index (χ1) is 11.8. The zero-order valence-corrected chi connectivity index (χ0v) is 32.7. The van der Waals surface area contributed by atoms with Gasteiger partial charge in [-0.05, 0) is 50.4 Å². The van der Waals surface area contributed by atoms with E-state index in [1.54, 1.807) is 0 Å². The Hall–Kier alpha value is 4.63. The maximum atomic E-state index is 10.0. The van der Waals surface area contributed by atoms with E-state index in [9.17, 15) is 59.4 Å². The third kappa shape index (κ3) is 45.0. The Morgan fingerprint density at radius 1 is 0.387 bits per heavy atom. The summed E-state index contributed by atoms with van der Waals surface area (Å²) in [7, 11) is 0. The molecule has 0 bridgehead atoms. The van der Waals surface area contributed by atoms with Crippen LogP contribution in [0.1, 0.15) is 38.5 Å². The second-order valence-corrected chi connectivity index (χ2v) is 5.19. The van der Waals surface area contributed by atoms with Gasteiger partial charge in [0.25, 0.3) is 0 Å². The Kier molecular flexibility index (Phi) is 54.9. The summed E-state index contributed by atoms with van der Waals surface area (Å²) in [5.41, 5.74) is 0. The predicted molar refractivity (Wildman–Crippen MR) is 70.5 cm³/mol. The third-order valence-corrected chi connectivity index (χ3v) is 2.73. The van der Waals surface area contributed by atoms with Gasteiger partial charge in [0, 0.05) is 35.8 Å². The average Bonchev–Trinajstić information content (AvgIpc) is 2.33. The fraction of sp³-hybridized carbons (Fsp3) is 0.571. The van der Waals surface area contributed by atoms with Gasteiger partial charge < -0.3 is 59.4 Å². The van der Waals surface area contributed by atoms with E-state index in [1.807, 2.05) is 0 Å². The summed E-state index contributed by atoms with van der Waals surface area (Å²) < 4.78 is 0. The fourth-order valence-corrected chi connectivity index (χ4v) is 1.85. The third-order valence-electron chi connectivity index (χ3n) is 2.73. The summed E-state index contributed by atoms with van der Waals surface area (Å²) in [5.74, 6) is -11.0. The van der Waals surface area contributed by atoms with Crippen LogP contribution >= 0.6 is 0 Å². The molecular weight excluding hydrogens is 557 g/mol. The number of hydrogen-bond donors (Lipinski definition) is 0. The summed E-state index contributed by atoms with van der Waals surface area (Å²) in [6.45, 7) is 0. The molecule has 0 saturated heterocycles. The first-order valence-corrected chi connectivity index (χ1v) is 7.02. The number of carboxylic acid groups (broad SMARTS) is 6. The maximum absolute atomic E-state index is 10.0. The minimum absolute atomic E-state index is 0. The summed E-state index contributed by atoms with van der Waals surface area (Å²) >= 11 is 0. The van der Waals surface area contributed by atoms with Crippen LogP contribution in [-0.4, -0.2) is 73.6 Å². The van der Waals surface area contributed by atoms with Crippen LogP contribution < -0.4 is 236 Å². The van der Waals surface area contributed by atoms with Crippen molar-refractivity contribution >= 4 is 73.6 Å². The smallest absolute Gasteiger partial charge is 0.550 e. The molecule has 0 amide bonds. The SMILES string of the molecule is O=C([O-])CC(CC(=O)[O-])CC(=O)[O-].O=C([O-])CC(CC(=O)[O-])CC(=O)[O-].[Ca+2].[K+].[K+].[K+].[K+]. The Bertz CT molecular complexity index is 437. The van der Waals surface area contributed by atoms with E-state index < -0.39 is 86.2 Å². The molecule has 0 aromatic rings. The molecule has 0 N–H and O–H groups in total. The van der Waals surface area contributed by atoms with Crippen molar-refractivity contribution < 1.29 is 265 Å². The number of carbonyl (C=O) groups excluding carboxylic acids is 6. The minimum Gasteiger partial charge on any atom is -0.550 e.